The van der Waals surface area contributed by atoms with E-state index in [4.69, 9.17) is 10.2 Å². The van der Waals surface area contributed by atoms with Gasteiger partial charge in [0, 0.05) is 6.54 Å². The van der Waals surface area contributed by atoms with Gasteiger partial charge in [-0.05, 0) is 26.0 Å². The summed E-state index contributed by atoms with van der Waals surface area (Å²) in [6.07, 6.45) is -0.466. The Labute approximate surface area is 87.8 Å². The van der Waals surface area contributed by atoms with E-state index in [-0.39, 0.29) is 5.56 Å². The van der Waals surface area contributed by atoms with Gasteiger partial charge in [-0.3, -0.25) is 0 Å². The molecule has 0 saturated heterocycles. The van der Waals surface area contributed by atoms with E-state index in [9.17, 15) is 4.79 Å². The smallest absolute Gasteiger partial charge is 0.337 e. The number of nitrogens with one attached hydrogen (secondary N) is 1. The number of aromatic nitrogens is 1. The summed E-state index contributed by atoms with van der Waals surface area (Å²) < 4.78 is 0. The summed E-state index contributed by atoms with van der Waals surface area (Å²) in [5.41, 5.74) is 0.649. The predicted molar refractivity (Wildman–Crippen MR) is 56.1 cm³/mol. The van der Waals surface area contributed by atoms with E-state index < -0.39 is 12.1 Å². The van der Waals surface area contributed by atoms with Crippen molar-refractivity contribution in [1.82, 2.24) is 4.98 Å². The number of aliphatic hydroxyl groups excluding tert-OH is 1. The Bertz CT molecular complexity index is 364. The molecule has 0 fully saturated rings. The molecule has 0 aromatic carbocycles. The number of aryl methyl sites for hydroxylation is 1. The number of rotatable bonds is 4. The van der Waals surface area contributed by atoms with Crippen LogP contribution in [-0.2, 0) is 0 Å². The molecular formula is C10H14N2O3. The summed E-state index contributed by atoms with van der Waals surface area (Å²) in [6.45, 7) is 3.68. The molecule has 5 heteroatoms. The molecule has 1 aromatic rings. The number of aliphatic hydroxyl groups is 1. The van der Waals surface area contributed by atoms with Crippen LogP contribution in [0.5, 0.6) is 0 Å². The fourth-order valence-corrected chi connectivity index (χ4v) is 1.14. The Morgan fingerprint density at radius 2 is 2.27 bits per heavy atom. The van der Waals surface area contributed by atoms with Gasteiger partial charge in [0.2, 0.25) is 0 Å². The third-order valence-electron chi connectivity index (χ3n) is 1.89. The number of hydrogen-bond donors (Lipinski definition) is 3. The molecule has 1 unspecified atom stereocenters. The Balaban J connectivity index is 2.78. The highest BCUT2D eigenvalue weighted by Crippen LogP contribution is 2.10. The highest BCUT2D eigenvalue weighted by molar-refractivity contribution is 5.89. The van der Waals surface area contributed by atoms with Gasteiger partial charge in [0.25, 0.3) is 0 Å². The lowest BCUT2D eigenvalue weighted by atomic mass is 10.2. The number of hydrogen-bond acceptors (Lipinski definition) is 4. The van der Waals surface area contributed by atoms with Crippen molar-refractivity contribution in [3.05, 3.63) is 23.4 Å². The van der Waals surface area contributed by atoms with E-state index >= 15 is 0 Å². The second-order valence-corrected chi connectivity index (χ2v) is 3.36. The van der Waals surface area contributed by atoms with Crippen LogP contribution >= 0.6 is 0 Å². The van der Waals surface area contributed by atoms with Gasteiger partial charge in [-0.2, -0.15) is 0 Å². The monoisotopic (exact) mass is 210 g/mol. The van der Waals surface area contributed by atoms with Crippen LogP contribution in [0.25, 0.3) is 0 Å². The van der Waals surface area contributed by atoms with Crippen molar-refractivity contribution in [2.24, 2.45) is 0 Å². The second kappa shape index (κ2) is 4.75. The normalized spacial score (nSPS) is 12.2. The molecule has 0 amide bonds. The molecule has 0 aliphatic carbocycles. The number of nitrogens with zero attached hydrogens (tertiary/aromatic N) is 1. The molecular weight excluding hydrogens is 196 g/mol. The first-order chi connectivity index (χ1) is 7.00. The van der Waals surface area contributed by atoms with Crippen molar-refractivity contribution in [3.8, 4) is 0 Å². The minimum absolute atomic E-state index is 0.192. The number of carbonyl (C=O) groups is 1. The van der Waals surface area contributed by atoms with E-state index in [1.807, 2.05) is 0 Å². The lowest BCUT2D eigenvalue weighted by Gasteiger charge is -2.08. The van der Waals surface area contributed by atoms with Crippen LogP contribution in [0.1, 0.15) is 23.0 Å². The highest BCUT2D eigenvalue weighted by Gasteiger charge is 2.08. The minimum Gasteiger partial charge on any atom is -0.478 e. The highest BCUT2D eigenvalue weighted by atomic mass is 16.4. The van der Waals surface area contributed by atoms with Crippen molar-refractivity contribution in [3.63, 3.8) is 0 Å². The number of pyridine rings is 1. The lowest BCUT2D eigenvalue weighted by Crippen LogP contribution is -2.16. The van der Waals surface area contributed by atoms with Gasteiger partial charge in [0.1, 0.15) is 5.82 Å². The Hall–Kier alpha value is -1.62. The maximum Gasteiger partial charge on any atom is 0.337 e. The molecule has 0 saturated carbocycles. The van der Waals surface area contributed by atoms with Gasteiger partial charge >= 0.3 is 5.97 Å². The van der Waals surface area contributed by atoms with Crippen LogP contribution in [0.3, 0.4) is 0 Å². The molecule has 0 radical (unpaired) electrons. The summed E-state index contributed by atoms with van der Waals surface area (Å²) >= 11 is 0. The van der Waals surface area contributed by atoms with Gasteiger partial charge in [0.05, 0.1) is 17.4 Å². The molecule has 0 bridgehead atoms. The van der Waals surface area contributed by atoms with Gasteiger partial charge in [-0.15, -0.1) is 0 Å². The molecule has 1 heterocycles. The van der Waals surface area contributed by atoms with E-state index in [0.717, 1.165) is 0 Å². The maximum atomic E-state index is 10.7. The minimum atomic E-state index is -0.984. The summed E-state index contributed by atoms with van der Waals surface area (Å²) in [6, 6.07) is 3.08. The molecule has 3 N–H and O–H groups in total. The van der Waals surface area contributed by atoms with Gasteiger partial charge in [-0.1, -0.05) is 0 Å². The average Bonchev–Trinajstić information content (AvgIpc) is 2.14. The molecule has 1 aromatic heterocycles. The molecule has 0 spiro atoms. The number of anilines is 1. The van der Waals surface area contributed by atoms with Crippen molar-refractivity contribution in [2.45, 2.75) is 20.0 Å². The SMILES string of the molecule is Cc1nc(NCC(C)O)ccc1C(=O)O. The summed E-state index contributed by atoms with van der Waals surface area (Å²) in [7, 11) is 0. The first kappa shape index (κ1) is 11.5. The third-order valence-corrected chi connectivity index (χ3v) is 1.89. The molecule has 5 nitrogen and oxygen atoms in total. The van der Waals surface area contributed by atoms with Gasteiger partial charge in [0.15, 0.2) is 0 Å². The van der Waals surface area contributed by atoms with Crippen LogP contribution in [0.4, 0.5) is 5.82 Å². The maximum absolute atomic E-state index is 10.7. The number of aromatic carboxylic acids is 1. The zero-order valence-corrected chi connectivity index (χ0v) is 8.69. The van der Waals surface area contributed by atoms with Crippen LogP contribution in [0.2, 0.25) is 0 Å². The van der Waals surface area contributed by atoms with Crippen molar-refractivity contribution in [2.75, 3.05) is 11.9 Å². The molecule has 1 rings (SSSR count). The molecule has 0 aliphatic heterocycles. The third kappa shape index (κ3) is 3.21. The largest absolute Gasteiger partial charge is 0.478 e. The second-order valence-electron chi connectivity index (χ2n) is 3.36. The van der Waals surface area contributed by atoms with Crippen LogP contribution in [0, 0.1) is 6.92 Å². The van der Waals surface area contributed by atoms with Gasteiger partial charge < -0.3 is 15.5 Å². The average molecular weight is 210 g/mol. The van der Waals surface area contributed by atoms with E-state index in [1.54, 1.807) is 19.9 Å². The summed E-state index contributed by atoms with van der Waals surface area (Å²) in [5.74, 6) is -0.416. The number of carboxylic acid groups (broad SMARTS) is 1. The van der Waals surface area contributed by atoms with Crippen LogP contribution in [0.15, 0.2) is 12.1 Å². The fraction of sp³-hybridized carbons (Fsp3) is 0.400. The zero-order valence-electron chi connectivity index (χ0n) is 8.69. The Kier molecular flexibility index (Phi) is 3.62. The van der Waals surface area contributed by atoms with Gasteiger partial charge in [-0.25, -0.2) is 9.78 Å². The standard InChI is InChI=1S/C10H14N2O3/c1-6(13)5-11-9-4-3-8(10(14)15)7(2)12-9/h3-4,6,13H,5H2,1-2H3,(H,11,12)(H,14,15). The summed E-state index contributed by atoms with van der Waals surface area (Å²) in [5, 5.41) is 20.7. The Morgan fingerprint density at radius 1 is 1.60 bits per heavy atom. The summed E-state index contributed by atoms with van der Waals surface area (Å²) in [4.78, 5) is 14.8. The number of carboxylic acids is 1. The molecule has 0 aliphatic rings. The quantitative estimate of drug-likeness (QED) is 0.687. The fourth-order valence-electron chi connectivity index (χ4n) is 1.14. The first-order valence-corrected chi connectivity index (χ1v) is 4.63. The molecule has 1 atom stereocenters. The Morgan fingerprint density at radius 3 is 2.73 bits per heavy atom. The first-order valence-electron chi connectivity index (χ1n) is 4.63. The van der Waals surface area contributed by atoms with Crippen molar-refractivity contribution < 1.29 is 15.0 Å². The topological polar surface area (TPSA) is 82.5 Å². The van der Waals surface area contributed by atoms with E-state index in [0.29, 0.717) is 18.1 Å². The van der Waals surface area contributed by atoms with Crippen LogP contribution < -0.4 is 5.32 Å². The predicted octanol–water partition coefficient (Wildman–Crippen LogP) is 0.881. The lowest BCUT2D eigenvalue weighted by molar-refractivity contribution is 0.0695. The van der Waals surface area contributed by atoms with Crippen LogP contribution in [-0.4, -0.2) is 33.8 Å². The van der Waals surface area contributed by atoms with E-state index in [2.05, 4.69) is 10.3 Å². The van der Waals surface area contributed by atoms with E-state index in [1.165, 1.54) is 6.07 Å². The molecule has 15 heavy (non-hydrogen) atoms. The van der Waals surface area contributed by atoms with Crippen molar-refractivity contribution >= 4 is 11.8 Å². The van der Waals surface area contributed by atoms with Crippen molar-refractivity contribution in [1.29, 1.82) is 0 Å². The zero-order chi connectivity index (χ0) is 11.4. The molecule has 82 valence electrons.